The topological polar surface area (TPSA) is 76.0 Å². The largest absolute Gasteiger partial charge is 0.318 e. The van der Waals surface area contributed by atoms with Crippen LogP contribution in [0.15, 0.2) is 18.3 Å². The second-order valence-corrected chi connectivity index (χ2v) is 4.46. The Morgan fingerprint density at radius 2 is 1.64 bits per heavy atom. The fourth-order valence-corrected chi connectivity index (χ4v) is 1.72. The van der Waals surface area contributed by atoms with Crippen LogP contribution >= 0.6 is 0 Å². The maximum atomic E-state index is 13.0. The van der Waals surface area contributed by atoms with E-state index < -0.39 is 29.3 Å². The lowest BCUT2D eigenvalue weighted by Crippen LogP contribution is -2.29. The first-order chi connectivity index (χ1) is 10.3. The number of aromatic nitrogens is 2. The minimum Gasteiger partial charge on any atom is -0.318 e. The number of carbonyl (C=O) groups is 2. The average molecular weight is 312 g/mol. The number of nitrogens with one attached hydrogen (secondary N) is 2. The van der Waals surface area contributed by atoms with Crippen LogP contribution in [0.1, 0.15) is 5.69 Å². The minimum atomic E-state index is -1.66. The highest BCUT2D eigenvalue weighted by Gasteiger charge is 2.18. The van der Waals surface area contributed by atoms with Gasteiger partial charge in [0.15, 0.2) is 17.5 Å². The highest BCUT2D eigenvalue weighted by atomic mass is 19.2. The van der Waals surface area contributed by atoms with E-state index in [0.717, 1.165) is 0 Å². The van der Waals surface area contributed by atoms with E-state index in [2.05, 4.69) is 10.4 Å². The van der Waals surface area contributed by atoms with Gasteiger partial charge in [0.25, 0.3) is 0 Å². The summed E-state index contributed by atoms with van der Waals surface area (Å²) in [7, 11) is 1.63. The molecule has 2 amide bonds. The van der Waals surface area contributed by atoms with Crippen LogP contribution in [0.25, 0.3) is 0 Å². The van der Waals surface area contributed by atoms with Gasteiger partial charge in [-0.25, -0.2) is 13.2 Å². The van der Waals surface area contributed by atoms with Crippen molar-refractivity contribution >= 4 is 23.2 Å². The van der Waals surface area contributed by atoms with E-state index in [1.807, 2.05) is 5.32 Å². The molecule has 2 rings (SSSR count). The third-order valence-electron chi connectivity index (χ3n) is 2.71. The summed E-state index contributed by atoms with van der Waals surface area (Å²) in [5.74, 6) is -6.82. The smallest absolute Gasteiger partial charge is 0.314 e. The van der Waals surface area contributed by atoms with Crippen molar-refractivity contribution in [3.8, 4) is 0 Å². The first-order valence-electron chi connectivity index (χ1n) is 6.05. The molecule has 0 unspecified atom stereocenters. The predicted octanol–water partition coefficient (Wildman–Crippen LogP) is 1.72. The van der Waals surface area contributed by atoms with E-state index >= 15 is 0 Å². The van der Waals surface area contributed by atoms with Crippen LogP contribution in [0.5, 0.6) is 0 Å². The number of amides is 2. The quantitative estimate of drug-likeness (QED) is 0.655. The van der Waals surface area contributed by atoms with Crippen molar-refractivity contribution in [2.45, 2.75) is 6.92 Å². The highest BCUT2D eigenvalue weighted by molar-refractivity contribution is 6.43. The van der Waals surface area contributed by atoms with Crippen LogP contribution in [-0.2, 0) is 16.6 Å². The van der Waals surface area contributed by atoms with Gasteiger partial charge < -0.3 is 10.6 Å². The SMILES string of the molecule is Cc1nn(C)cc1NC(=O)C(=O)Nc1cc(F)c(F)c(F)c1. The zero-order chi connectivity index (χ0) is 16.4. The third kappa shape index (κ3) is 3.25. The van der Waals surface area contributed by atoms with Crippen molar-refractivity contribution in [3.05, 3.63) is 41.5 Å². The number of benzene rings is 1. The summed E-state index contributed by atoms with van der Waals surface area (Å²) in [5.41, 5.74) is 0.432. The lowest BCUT2D eigenvalue weighted by Gasteiger charge is -2.06. The van der Waals surface area contributed by atoms with E-state index in [1.165, 1.54) is 10.9 Å². The van der Waals surface area contributed by atoms with Crippen molar-refractivity contribution in [2.75, 3.05) is 10.6 Å². The molecule has 0 aliphatic carbocycles. The molecule has 0 saturated carbocycles. The Kier molecular flexibility index (Phi) is 4.15. The fourth-order valence-electron chi connectivity index (χ4n) is 1.72. The Hall–Kier alpha value is -2.84. The number of anilines is 2. The normalized spacial score (nSPS) is 10.4. The van der Waals surface area contributed by atoms with E-state index in [4.69, 9.17) is 0 Å². The summed E-state index contributed by atoms with van der Waals surface area (Å²) in [4.78, 5) is 23.3. The summed E-state index contributed by atoms with van der Waals surface area (Å²) < 4.78 is 40.3. The first kappa shape index (κ1) is 15.5. The van der Waals surface area contributed by atoms with Gasteiger partial charge in [-0.2, -0.15) is 5.10 Å². The molecule has 2 aromatic rings. The number of aryl methyl sites for hydroxylation is 2. The van der Waals surface area contributed by atoms with Gasteiger partial charge in [0.2, 0.25) is 0 Å². The lowest BCUT2D eigenvalue weighted by atomic mass is 10.3. The first-order valence-corrected chi connectivity index (χ1v) is 6.05. The molecule has 0 bridgehead atoms. The Morgan fingerprint density at radius 3 is 2.14 bits per heavy atom. The van der Waals surface area contributed by atoms with E-state index in [0.29, 0.717) is 23.5 Å². The van der Waals surface area contributed by atoms with Crippen LogP contribution in [0.2, 0.25) is 0 Å². The van der Waals surface area contributed by atoms with Gasteiger partial charge in [-0.1, -0.05) is 0 Å². The van der Waals surface area contributed by atoms with Crippen molar-refractivity contribution in [1.29, 1.82) is 0 Å². The monoisotopic (exact) mass is 312 g/mol. The molecule has 0 fully saturated rings. The van der Waals surface area contributed by atoms with Crippen molar-refractivity contribution in [2.24, 2.45) is 7.05 Å². The molecule has 0 aliphatic rings. The fraction of sp³-hybridized carbons (Fsp3) is 0.154. The lowest BCUT2D eigenvalue weighted by molar-refractivity contribution is -0.133. The Balaban J connectivity index is 2.09. The van der Waals surface area contributed by atoms with Gasteiger partial charge in [0.1, 0.15) is 0 Å². The summed E-state index contributed by atoms with van der Waals surface area (Å²) >= 11 is 0. The molecule has 0 aliphatic heterocycles. The number of halogens is 3. The molecular formula is C13H11F3N4O2. The molecule has 116 valence electrons. The zero-order valence-corrected chi connectivity index (χ0v) is 11.6. The van der Waals surface area contributed by atoms with Crippen LogP contribution in [0.4, 0.5) is 24.5 Å². The molecule has 0 spiro atoms. The van der Waals surface area contributed by atoms with Crippen molar-refractivity contribution in [3.63, 3.8) is 0 Å². The number of hydrogen-bond acceptors (Lipinski definition) is 3. The number of hydrogen-bond donors (Lipinski definition) is 2. The molecule has 2 N–H and O–H groups in total. The Bertz CT molecular complexity index is 735. The average Bonchev–Trinajstić information content (AvgIpc) is 2.74. The van der Waals surface area contributed by atoms with Gasteiger partial charge in [-0.3, -0.25) is 14.3 Å². The van der Waals surface area contributed by atoms with E-state index in [9.17, 15) is 22.8 Å². The molecular weight excluding hydrogens is 301 g/mol. The van der Waals surface area contributed by atoms with Gasteiger partial charge in [-0.05, 0) is 6.92 Å². The second kappa shape index (κ2) is 5.88. The zero-order valence-electron chi connectivity index (χ0n) is 11.6. The molecule has 1 aromatic heterocycles. The van der Waals surface area contributed by atoms with Crippen LogP contribution in [0, 0.1) is 24.4 Å². The maximum absolute atomic E-state index is 13.0. The Labute approximate surface area is 122 Å². The molecule has 22 heavy (non-hydrogen) atoms. The Morgan fingerprint density at radius 1 is 1.09 bits per heavy atom. The van der Waals surface area contributed by atoms with Crippen LogP contribution < -0.4 is 10.6 Å². The summed E-state index contributed by atoms with van der Waals surface area (Å²) in [6.45, 7) is 1.62. The summed E-state index contributed by atoms with van der Waals surface area (Å²) in [6, 6.07) is 1.14. The maximum Gasteiger partial charge on any atom is 0.314 e. The van der Waals surface area contributed by atoms with Crippen molar-refractivity contribution < 1.29 is 22.8 Å². The molecule has 9 heteroatoms. The van der Waals surface area contributed by atoms with Crippen LogP contribution in [0.3, 0.4) is 0 Å². The third-order valence-corrected chi connectivity index (χ3v) is 2.71. The molecule has 6 nitrogen and oxygen atoms in total. The molecule has 1 aromatic carbocycles. The van der Waals surface area contributed by atoms with Crippen molar-refractivity contribution in [1.82, 2.24) is 9.78 Å². The number of rotatable bonds is 2. The number of carbonyl (C=O) groups excluding carboxylic acids is 2. The standard InChI is InChI=1S/C13H11F3N4O2/c1-6-10(5-20(2)19-6)18-13(22)12(21)17-7-3-8(14)11(16)9(15)4-7/h3-5H,1-2H3,(H,17,21)(H,18,22). The molecule has 0 saturated heterocycles. The minimum absolute atomic E-state index is 0.319. The van der Waals surface area contributed by atoms with E-state index in [-0.39, 0.29) is 5.69 Å². The summed E-state index contributed by atoms with van der Waals surface area (Å²) in [6.07, 6.45) is 1.48. The van der Waals surface area contributed by atoms with Gasteiger partial charge in [-0.15, -0.1) is 0 Å². The van der Waals surface area contributed by atoms with Gasteiger partial charge in [0.05, 0.1) is 11.4 Å². The van der Waals surface area contributed by atoms with Crippen LogP contribution in [-0.4, -0.2) is 21.6 Å². The van der Waals surface area contributed by atoms with Gasteiger partial charge >= 0.3 is 11.8 Å². The second-order valence-electron chi connectivity index (χ2n) is 4.46. The summed E-state index contributed by atoms with van der Waals surface area (Å²) in [5, 5.41) is 8.24. The molecule has 1 heterocycles. The molecule has 0 atom stereocenters. The highest BCUT2D eigenvalue weighted by Crippen LogP contribution is 2.17. The van der Waals surface area contributed by atoms with Gasteiger partial charge in [0, 0.05) is 31.1 Å². The predicted molar refractivity (Wildman–Crippen MR) is 71.5 cm³/mol. The molecule has 0 radical (unpaired) electrons. The number of nitrogens with zero attached hydrogens (tertiary/aromatic N) is 2. The van der Waals surface area contributed by atoms with E-state index in [1.54, 1.807) is 14.0 Å².